The molecular formula is C12H14BrNO3. The Balaban J connectivity index is 2.35. The topological polar surface area (TPSA) is 38.8 Å². The highest BCUT2D eigenvalue weighted by atomic mass is 79.9. The van der Waals surface area contributed by atoms with Crippen molar-refractivity contribution in [2.24, 2.45) is 0 Å². The molecule has 0 amide bonds. The molecule has 0 aliphatic carbocycles. The first-order valence-electron chi connectivity index (χ1n) is 5.43. The first kappa shape index (κ1) is 12.4. The van der Waals surface area contributed by atoms with Crippen molar-refractivity contribution in [2.75, 3.05) is 38.3 Å². The highest BCUT2D eigenvalue weighted by molar-refractivity contribution is 9.10. The zero-order valence-corrected chi connectivity index (χ0v) is 11.2. The molecule has 0 atom stereocenters. The maximum absolute atomic E-state index is 11.7. The zero-order chi connectivity index (χ0) is 12.3. The lowest BCUT2D eigenvalue weighted by molar-refractivity contribution is 0.0600. The third-order valence-corrected chi connectivity index (χ3v) is 3.21. The summed E-state index contributed by atoms with van der Waals surface area (Å²) in [5.74, 6) is -0.306. The van der Waals surface area contributed by atoms with Gasteiger partial charge in [0.1, 0.15) is 0 Å². The van der Waals surface area contributed by atoms with Crippen LogP contribution in [0.3, 0.4) is 0 Å². The Morgan fingerprint density at radius 2 is 2.12 bits per heavy atom. The Morgan fingerprint density at radius 3 is 2.76 bits per heavy atom. The SMILES string of the molecule is COC(=O)c1ccc(Br)cc1N1CCOCC1. The number of carbonyl (C=O) groups excluding carboxylic acids is 1. The lowest BCUT2D eigenvalue weighted by Crippen LogP contribution is -2.37. The van der Waals surface area contributed by atoms with Crippen molar-refractivity contribution in [3.05, 3.63) is 28.2 Å². The predicted molar refractivity (Wildman–Crippen MR) is 68.5 cm³/mol. The van der Waals surface area contributed by atoms with Crippen LogP contribution in [0.25, 0.3) is 0 Å². The van der Waals surface area contributed by atoms with Gasteiger partial charge in [-0.2, -0.15) is 0 Å². The summed E-state index contributed by atoms with van der Waals surface area (Å²) in [5.41, 5.74) is 1.49. The van der Waals surface area contributed by atoms with Crippen LogP contribution in [0.2, 0.25) is 0 Å². The molecule has 0 radical (unpaired) electrons. The van der Waals surface area contributed by atoms with Gasteiger partial charge in [-0.15, -0.1) is 0 Å². The van der Waals surface area contributed by atoms with E-state index < -0.39 is 0 Å². The third kappa shape index (κ3) is 2.79. The fraction of sp³-hybridized carbons (Fsp3) is 0.417. The molecular weight excluding hydrogens is 286 g/mol. The Kier molecular flexibility index (Phi) is 4.02. The van der Waals surface area contributed by atoms with Crippen molar-refractivity contribution < 1.29 is 14.3 Å². The molecule has 0 saturated carbocycles. The zero-order valence-electron chi connectivity index (χ0n) is 9.61. The maximum Gasteiger partial charge on any atom is 0.339 e. The van der Waals surface area contributed by atoms with Crippen LogP contribution in [0, 0.1) is 0 Å². The fourth-order valence-electron chi connectivity index (χ4n) is 1.85. The first-order chi connectivity index (χ1) is 8.22. The monoisotopic (exact) mass is 299 g/mol. The number of nitrogens with zero attached hydrogens (tertiary/aromatic N) is 1. The minimum atomic E-state index is -0.306. The van der Waals surface area contributed by atoms with Gasteiger partial charge < -0.3 is 14.4 Å². The van der Waals surface area contributed by atoms with Crippen LogP contribution >= 0.6 is 15.9 Å². The number of benzene rings is 1. The first-order valence-corrected chi connectivity index (χ1v) is 6.22. The van der Waals surface area contributed by atoms with Gasteiger partial charge in [0.05, 0.1) is 31.6 Å². The molecule has 1 aliphatic rings. The van der Waals surface area contributed by atoms with Crippen molar-refractivity contribution in [3.8, 4) is 0 Å². The van der Waals surface area contributed by atoms with Gasteiger partial charge in [0, 0.05) is 17.6 Å². The van der Waals surface area contributed by atoms with Crippen LogP contribution in [0.4, 0.5) is 5.69 Å². The number of anilines is 1. The summed E-state index contributed by atoms with van der Waals surface area (Å²) in [6.45, 7) is 2.96. The van der Waals surface area contributed by atoms with Crippen molar-refractivity contribution in [2.45, 2.75) is 0 Å². The summed E-state index contributed by atoms with van der Waals surface area (Å²) >= 11 is 3.42. The molecule has 5 heteroatoms. The van der Waals surface area contributed by atoms with Crippen LogP contribution in [0.15, 0.2) is 22.7 Å². The highest BCUT2D eigenvalue weighted by Gasteiger charge is 2.19. The fourth-order valence-corrected chi connectivity index (χ4v) is 2.20. The molecule has 92 valence electrons. The van der Waals surface area contributed by atoms with E-state index in [1.54, 1.807) is 6.07 Å². The normalized spacial score (nSPS) is 15.8. The molecule has 0 spiro atoms. The van der Waals surface area contributed by atoms with Gasteiger partial charge in [-0.3, -0.25) is 0 Å². The molecule has 1 heterocycles. The number of halogens is 1. The van der Waals surface area contributed by atoms with E-state index in [0.29, 0.717) is 18.8 Å². The molecule has 1 aliphatic heterocycles. The van der Waals surface area contributed by atoms with Crippen LogP contribution in [0.1, 0.15) is 10.4 Å². The lowest BCUT2D eigenvalue weighted by Gasteiger charge is -2.30. The summed E-state index contributed by atoms with van der Waals surface area (Å²) in [7, 11) is 1.40. The van der Waals surface area contributed by atoms with Crippen molar-refractivity contribution in [1.82, 2.24) is 0 Å². The van der Waals surface area contributed by atoms with Gasteiger partial charge in [-0.25, -0.2) is 4.79 Å². The molecule has 17 heavy (non-hydrogen) atoms. The molecule has 0 unspecified atom stereocenters. The van der Waals surface area contributed by atoms with Gasteiger partial charge in [-0.05, 0) is 18.2 Å². The number of carbonyl (C=O) groups is 1. The lowest BCUT2D eigenvalue weighted by atomic mass is 10.1. The van der Waals surface area contributed by atoms with Gasteiger partial charge in [0.25, 0.3) is 0 Å². The van der Waals surface area contributed by atoms with Crippen LogP contribution in [-0.2, 0) is 9.47 Å². The minimum Gasteiger partial charge on any atom is -0.465 e. The average Bonchev–Trinajstić information content (AvgIpc) is 2.39. The smallest absolute Gasteiger partial charge is 0.339 e. The number of ether oxygens (including phenoxy) is 2. The Bertz CT molecular complexity index is 416. The molecule has 0 bridgehead atoms. The maximum atomic E-state index is 11.7. The minimum absolute atomic E-state index is 0.306. The number of hydrogen-bond donors (Lipinski definition) is 0. The van der Waals surface area contributed by atoms with E-state index in [0.717, 1.165) is 23.2 Å². The Hall–Kier alpha value is -1.07. The van der Waals surface area contributed by atoms with Gasteiger partial charge in [0.2, 0.25) is 0 Å². The van der Waals surface area contributed by atoms with Crippen molar-refractivity contribution in [3.63, 3.8) is 0 Å². The number of morpholine rings is 1. The second-order valence-electron chi connectivity index (χ2n) is 3.75. The molecule has 1 aromatic carbocycles. The van der Waals surface area contributed by atoms with E-state index in [9.17, 15) is 4.79 Å². The van der Waals surface area contributed by atoms with E-state index in [1.165, 1.54) is 7.11 Å². The van der Waals surface area contributed by atoms with E-state index >= 15 is 0 Å². The number of rotatable bonds is 2. The summed E-state index contributed by atoms with van der Waals surface area (Å²) < 4.78 is 11.1. The molecule has 1 fully saturated rings. The van der Waals surface area contributed by atoms with Crippen molar-refractivity contribution in [1.29, 1.82) is 0 Å². The van der Waals surface area contributed by atoms with Crippen LogP contribution in [-0.4, -0.2) is 39.4 Å². The predicted octanol–water partition coefficient (Wildman–Crippen LogP) is 2.07. The third-order valence-electron chi connectivity index (χ3n) is 2.72. The van der Waals surface area contributed by atoms with Crippen LogP contribution < -0.4 is 4.90 Å². The van der Waals surface area contributed by atoms with Gasteiger partial charge in [0.15, 0.2) is 0 Å². The Labute approximate surface area is 109 Å². The quantitative estimate of drug-likeness (QED) is 0.784. The summed E-state index contributed by atoms with van der Waals surface area (Å²) in [6, 6.07) is 5.56. The van der Waals surface area contributed by atoms with E-state index in [2.05, 4.69) is 20.8 Å². The average molecular weight is 300 g/mol. The Morgan fingerprint density at radius 1 is 1.41 bits per heavy atom. The summed E-state index contributed by atoms with van der Waals surface area (Å²) in [6.07, 6.45) is 0. The van der Waals surface area contributed by atoms with Gasteiger partial charge in [-0.1, -0.05) is 15.9 Å². The van der Waals surface area contributed by atoms with Crippen molar-refractivity contribution >= 4 is 27.6 Å². The second-order valence-corrected chi connectivity index (χ2v) is 4.67. The number of esters is 1. The largest absolute Gasteiger partial charge is 0.465 e. The molecule has 4 nitrogen and oxygen atoms in total. The number of hydrogen-bond acceptors (Lipinski definition) is 4. The van der Waals surface area contributed by atoms with E-state index in [-0.39, 0.29) is 5.97 Å². The standard InChI is InChI=1S/C12H14BrNO3/c1-16-12(15)10-3-2-9(13)8-11(10)14-4-6-17-7-5-14/h2-3,8H,4-7H2,1H3. The molecule has 0 N–H and O–H groups in total. The summed E-state index contributed by atoms with van der Waals surface area (Å²) in [5, 5.41) is 0. The molecule has 1 saturated heterocycles. The van der Waals surface area contributed by atoms with Gasteiger partial charge >= 0.3 is 5.97 Å². The van der Waals surface area contributed by atoms with E-state index in [1.807, 2.05) is 12.1 Å². The van der Waals surface area contributed by atoms with E-state index in [4.69, 9.17) is 9.47 Å². The second kappa shape index (κ2) is 5.51. The summed E-state index contributed by atoms with van der Waals surface area (Å²) in [4.78, 5) is 13.8. The number of methoxy groups -OCH3 is 1. The molecule has 0 aromatic heterocycles. The van der Waals surface area contributed by atoms with Crippen LogP contribution in [0.5, 0.6) is 0 Å². The highest BCUT2D eigenvalue weighted by Crippen LogP contribution is 2.26. The molecule has 1 aromatic rings. The molecule has 2 rings (SSSR count).